The normalized spacial score (nSPS) is 10.3. The van der Waals surface area contributed by atoms with Crippen molar-refractivity contribution in [2.45, 2.75) is 20.4 Å². The van der Waals surface area contributed by atoms with E-state index in [1.807, 2.05) is 19.1 Å². The van der Waals surface area contributed by atoms with E-state index in [9.17, 15) is 4.79 Å². The first-order valence-corrected chi connectivity index (χ1v) is 7.38. The summed E-state index contributed by atoms with van der Waals surface area (Å²) >= 11 is 1.38. The summed E-state index contributed by atoms with van der Waals surface area (Å²) in [4.78, 5) is 12.4. The van der Waals surface area contributed by atoms with Gasteiger partial charge in [0.25, 0.3) is 5.91 Å². The van der Waals surface area contributed by atoms with E-state index in [1.54, 1.807) is 0 Å². The van der Waals surface area contributed by atoms with Gasteiger partial charge in [0.2, 0.25) is 0 Å². The van der Waals surface area contributed by atoms with Crippen LogP contribution in [0.2, 0.25) is 0 Å². The van der Waals surface area contributed by atoms with Gasteiger partial charge in [-0.15, -0.1) is 11.3 Å². The van der Waals surface area contributed by atoms with Gasteiger partial charge in [0, 0.05) is 13.1 Å². The van der Waals surface area contributed by atoms with Crippen molar-refractivity contribution in [1.82, 2.24) is 5.32 Å². The molecule has 5 heteroatoms. The number of rotatable bonds is 5. The fraction of sp³-hybridized carbons (Fsp3) is 0.267. The summed E-state index contributed by atoms with van der Waals surface area (Å²) in [5, 5.41) is 6.97. The van der Waals surface area contributed by atoms with Crippen LogP contribution in [0, 0.1) is 6.92 Å². The molecule has 1 aromatic carbocycles. The highest BCUT2D eigenvalue weighted by molar-refractivity contribution is 7.18. The summed E-state index contributed by atoms with van der Waals surface area (Å²) < 4.78 is 0. The average molecular weight is 289 g/mol. The molecular weight excluding hydrogens is 270 g/mol. The van der Waals surface area contributed by atoms with Crippen molar-refractivity contribution in [1.29, 1.82) is 0 Å². The molecule has 20 heavy (non-hydrogen) atoms. The Bertz CT molecular complexity index is 607. The maximum Gasteiger partial charge on any atom is 0.263 e. The average Bonchev–Trinajstić information content (AvgIpc) is 2.78. The quantitative estimate of drug-likeness (QED) is 0.792. The molecule has 0 bridgehead atoms. The van der Waals surface area contributed by atoms with E-state index in [0.717, 1.165) is 11.5 Å². The molecule has 1 amide bonds. The lowest BCUT2D eigenvalue weighted by Crippen LogP contribution is -2.22. The summed E-state index contributed by atoms with van der Waals surface area (Å²) in [7, 11) is 0. The molecule has 1 heterocycles. The van der Waals surface area contributed by atoms with Gasteiger partial charge in [0.15, 0.2) is 0 Å². The summed E-state index contributed by atoms with van der Waals surface area (Å²) in [5.41, 5.74) is 8.84. The van der Waals surface area contributed by atoms with Crippen molar-refractivity contribution in [2.24, 2.45) is 0 Å². The molecule has 1 aromatic heterocycles. The Morgan fingerprint density at radius 2 is 2.15 bits per heavy atom. The van der Waals surface area contributed by atoms with Crippen LogP contribution in [0.4, 0.5) is 10.7 Å². The number of nitrogens with two attached hydrogens (primary N) is 1. The van der Waals surface area contributed by atoms with Crippen molar-refractivity contribution < 1.29 is 4.79 Å². The van der Waals surface area contributed by atoms with E-state index in [4.69, 9.17) is 5.73 Å². The van der Waals surface area contributed by atoms with Crippen LogP contribution in [0.5, 0.6) is 0 Å². The number of carbonyl (C=O) groups is 1. The third-order valence-corrected chi connectivity index (χ3v) is 3.96. The SMILES string of the molecule is CCNC(=O)c1sc(NCc2cccc(C)c2)cc1N. The maximum atomic E-state index is 11.8. The Morgan fingerprint density at radius 1 is 1.35 bits per heavy atom. The molecule has 0 atom stereocenters. The minimum atomic E-state index is -0.112. The predicted octanol–water partition coefficient (Wildman–Crippen LogP) is 3.00. The van der Waals surface area contributed by atoms with Crippen molar-refractivity contribution in [3.05, 3.63) is 46.3 Å². The highest BCUT2D eigenvalue weighted by atomic mass is 32.1. The highest BCUT2D eigenvalue weighted by Gasteiger charge is 2.13. The molecule has 0 spiro atoms. The predicted molar refractivity (Wildman–Crippen MR) is 85.2 cm³/mol. The van der Waals surface area contributed by atoms with E-state index in [0.29, 0.717) is 17.1 Å². The zero-order chi connectivity index (χ0) is 14.5. The number of hydrogen-bond donors (Lipinski definition) is 3. The number of nitrogens with one attached hydrogen (secondary N) is 2. The minimum Gasteiger partial charge on any atom is -0.397 e. The lowest BCUT2D eigenvalue weighted by atomic mass is 10.1. The molecule has 0 aliphatic rings. The molecule has 0 aliphatic carbocycles. The van der Waals surface area contributed by atoms with Crippen LogP contribution in [0.15, 0.2) is 30.3 Å². The first-order valence-electron chi connectivity index (χ1n) is 6.57. The first-order chi connectivity index (χ1) is 9.60. The van der Waals surface area contributed by atoms with Gasteiger partial charge in [-0.2, -0.15) is 0 Å². The van der Waals surface area contributed by atoms with E-state index < -0.39 is 0 Å². The third-order valence-electron chi connectivity index (χ3n) is 2.85. The van der Waals surface area contributed by atoms with Crippen LogP contribution in [-0.2, 0) is 6.54 Å². The van der Waals surface area contributed by atoms with Gasteiger partial charge in [0.05, 0.1) is 10.7 Å². The van der Waals surface area contributed by atoms with Gasteiger partial charge < -0.3 is 16.4 Å². The van der Waals surface area contributed by atoms with Crippen LogP contribution in [-0.4, -0.2) is 12.5 Å². The second kappa shape index (κ2) is 6.43. The number of nitrogen functional groups attached to an aromatic ring is 1. The second-order valence-electron chi connectivity index (χ2n) is 4.60. The molecule has 0 radical (unpaired) electrons. The largest absolute Gasteiger partial charge is 0.397 e. The molecule has 106 valence electrons. The Morgan fingerprint density at radius 3 is 2.85 bits per heavy atom. The standard InChI is InChI=1S/C15H19N3OS/c1-3-17-15(19)14-12(16)8-13(20-14)18-9-11-6-4-5-10(2)7-11/h4-8,18H,3,9,16H2,1-2H3,(H,17,19). The Balaban J connectivity index is 2.04. The Kier molecular flexibility index (Phi) is 4.63. The van der Waals surface area contributed by atoms with E-state index >= 15 is 0 Å². The van der Waals surface area contributed by atoms with Crippen LogP contribution >= 0.6 is 11.3 Å². The molecule has 0 aliphatic heterocycles. The molecule has 2 aromatic rings. The van der Waals surface area contributed by atoms with Gasteiger partial charge in [-0.25, -0.2) is 0 Å². The van der Waals surface area contributed by atoms with Crippen LogP contribution in [0.3, 0.4) is 0 Å². The fourth-order valence-corrected chi connectivity index (χ4v) is 2.81. The number of benzene rings is 1. The van der Waals surface area contributed by atoms with Gasteiger partial charge in [-0.1, -0.05) is 29.8 Å². The topological polar surface area (TPSA) is 67.2 Å². The zero-order valence-corrected chi connectivity index (χ0v) is 12.5. The summed E-state index contributed by atoms with van der Waals surface area (Å²) in [6.45, 7) is 5.27. The third kappa shape index (κ3) is 3.51. The van der Waals surface area contributed by atoms with Crippen LogP contribution in [0.1, 0.15) is 27.7 Å². The lowest BCUT2D eigenvalue weighted by Gasteiger charge is -2.04. The maximum absolute atomic E-state index is 11.8. The van der Waals surface area contributed by atoms with Gasteiger partial charge in [-0.3, -0.25) is 4.79 Å². The minimum absolute atomic E-state index is 0.112. The lowest BCUT2D eigenvalue weighted by molar-refractivity contribution is 0.0960. The first kappa shape index (κ1) is 14.4. The number of carbonyl (C=O) groups excluding carboxylic acids is 1. The molecule has 0 fully saturated rings. The van der Waals surface area contributed by atoms with E-state index in [1.165, 1.54) is 22.5 Å². The van der Waals surface area contributed by atoms with Gasteiger partial charge >= 0.3 is 0 Å². The zero-order valence-electron chi connectivity index (χ0n) is 11.7. The molecule has 4 nitrogen and oxygen atoms in total. The number of aryl methyl sites for hydroxylation is 1. The van der Waals surface area contributed by atoms with Gasteiger partial charge in [-0.05, 0) is 25.5 Å². The number of amides is 1. The van der Waals surface area contributed by atoms with Crippen LogP contribution in [0.25, 0.3) is 0 Å². The summed E-state index contributed by atoms with van der Waals surface area (Å²) in [6.07, 6.45) is 0. The molecular formula is C15H19N3OS. The molecule has 4 N–H and O–H groups in total. The smallest absolute Gasteiger partial charge is 0.263 e. The number of thiophene rings is 1. The fourth-order valence-electron chi connectivity index (χ4n) is 1.92. The van der Waals surface area contributed by atoms with Crippen LogP contribution < -0.4 is 16.4 Å². The summed E-state index contributed by atoms with van der Waals surface area (Å²) in [5.74, 6) is -0.112. The number of hydrogen-bond acceptors (Lipinski definition) is 4. The Labute approximate surface area is 123 Å². The molecule has 2 rings (SSSR count). The summed E-state index contributed by atoms with van der Waals surface area (Å²) in [6, 6.07) is 10.1. The van der Waals surface area contributed by atoms with Crippen molar-refractivity contribution in [3.63, 3.8) is 0 Å². The molecule has 0 saturated carbocycles. The van der Waals surface area contributed by atoms with Crippen molar-refractivity contribution in [2.75, 3.05) is 17.6 Å². The second-order valence-corrected chi connectivity index (χ2v) is 5.65. The Hall–Kier alpha value is -2.01. The highest BCUT2D eigenvalue weighted by Crippen LogP contribution is 2.29. The molecule has 0 saturated heterocycles. The van der Waals surface area contributed by atoms with Gasteiger partial charge in [0.1, 0.15) is 4.88 Å². The number of anilines is 2. The monoisotopic (exact) mass is 289 g/mol. The van der Waals surface area contributed by atoms with Crippen molar-refractivity contribution in [3.8, 4) is 0 Å². The van der Waals surface area contributed by atoms with Crippen molar-refractivity contribution >= 4 is 27.9 Å². The molecule has 0 unspecified atom stereocenters. The van der Waals surface area contributed by atoms with E-state index in [-0.39, 0.29) is 5.91 Å². The van der Waals surface area contributed by atoms with E-state index in [2.05, 4.69) is 35.8 Å².